The number of hydrogen-bond donors (Lipinski definition) is 1. The van der Waals surface area contributed by atoms with Gasteiger partial charge in [-0.15, -0.1) is 0 Å². The number of nitrogens with one attached hydrogen (secondary N) is 1. The highest BCUT2D eigenvalue weighted by Gasteiger charge is 2.15. The van der Waals surface area contributed by atoms with Crippen molar-refractivity contribution < 1.29 is 0 Å². The zero-order valence-corrected chi connectivity index (χ0v) is 11.2. The second-order valence-electron chi connectivity index (χ2n) is 5.26. The predicted octanol–water partition coefficient (Wildman–Crippen LogP) is 1.99. The summed E-state index contributed by atoms with van der Waals surface area (Å²) in [4.78, 5) is 2.61. The van der Waals surface area contributed by atoms with Crippen LogP contribution in [0.2, 0.25) is 0 Å². The Kier molecular flexibility index (Phi) is 4.63. The molecule has 1 aromatic heterocycles. The van der Waals surface area contributed by atoms with Gasteiger partial charge in [0.2, 0.25) is 0 Å². The third kappa shape index (κ3) is 3.86. The molecule has 3 heteroatoms. The van der Waals surface area contributed by atoms with Crippen LogP contribution in [0.3, 0.4) is 0 Å². The van der Waals surface area contributed by atoms with Crippen LogP contribution in [0, 0.1) is 0 Å². The lowest BCUT2D eigenvalue weighted by atomic mass is 10.1. The second kappa shape index (κ2) is 6.22. The highest BCUT2D eigenvalue weighted by Crippen LogP contribution is 2.11. The van der Waals surface area contributed by atoms with E-state index in [1.54, 1.807) is 0 Å². The first-order chi connectivity index (χ1) is 8.25. The minimum atomic E-state index is 0.666. The Labute approximate surface area is 105 Å². The van der Waals surface area contributed by atoms with Crippen LogP contribution >= 0.6 is 0 Å². The van der Waals surface area contributed by atoms with E-state index in [0.717, 1.165) is 13.1 Å². The average molecular weight is 235 g/mol. The number of rotatable bonds is 5. The second-order valence-corrected chi connectivity index (χ2v) is 5.26. The van der Waals surface area contributed by atoms with Crippen LogP contribution in [0.15, 0.2) is 18.5 Å². The third-order valence-electron chi connectivity index (χ3n) is 3.68. The summed E-state index contributed by atoms with van der Waals surface area (Å²) in [6.45, 7) is 6.99. The Morgan fingerprint density at radius 2 is 2.06 bits per heavy atom. The molecule has 0 spiro atoms. The lowest BCUT2D eigenvalue weighted by Crippen LogP contribution is -2.42. The normalized spacial score (nSPS) is 19.4. The van der Waals surface area contributed by atoms with E-state index in [0.29, 0.717) is 6.04 Å². The van der Waals surface area contributed by atoms with Crippen molar-refractivity contribution >= 4 is 0 Å². The predicted molar refractivity (Wildman–Crippen MR) is 72.0 cm³/mol. The van der Waals surface area contributed by atoms with E-state index in [1.165, 1.54) is 37.9 Å². The van der Waals surface area contributed by atoms with Crippen LogP contribution in [-0.4, -0.2) is 35.1 Å². The number of aryl methyl sites for hydroxylation is 1. The molecule has 1 N–H and O–H groups in total. The SMILES string of the molecule is CC(CNCc1ccn(C)c1)N1CCCCC1. The van der Waals surface area contributed by atoms with E-state index < -0.39 is 0 Å². The van der Waals surface area contributed by atoms with E-state index in [4.69, 9.17) is 0 Å². The number of hydrogen-bond acceptors (Lipinski definition) is 2. The fourth-order valence-corrected chi connectivity index (χ4v) is 2.58. The molecule has 0 saturated carbocycles. The topological polar surface area (TPSA) is 20.2 Å². The Hall–Kier alpha value is -0.800. The van der Waals surface area contributed by atoms with Crippen molar-refractivity contribution in [1.82, 2.24) is 14.8 Å². The monoisotopic (exact) mass is 235 g/mol. The summed E-state index contributed by atoms with van der Waals surface area (Å²) in [6.07, 6.45) is 8.45. The Morgan fingerprint density at radius 3 is 2.71 bits per heavy atom. The molecule has 1 aliphatic heterocycles. The molecule has 1 aromatic rings. The molecular formula is C14H25N3. The maximum absolute atomic E-state index is 3.56. The fraction of sp³-hybridized carbons (Fsp3) is 0.714. The first-order valence-electron chi connectivity index (χ1n) is 6.81. The van der Waals surface area contributed by atoms with Gasteiger partial charge in [-0.25, -0.2) is 0 Å². The van der Waals surface area contributed by atoms with Crippen LogP contribution < -0.4 is 5.32 Å². The number of aromatic nitrogens is 1. The molecule has 1 aliphatic rings. The maximum Gasteiger partial charge on any atom is 0.0221 e. The van der Waals surface area contributed by atoms with Crippen molar-refractivity contribution in [2.45, 2.75) is 38.8 Å². The molecule has 1 atom stereocenters. The highest BCUT2D eigenvalue weighted by atomic mass is 15.2. The summed E-state index contributed by atoms with van der Waals surface area (Å²) in [5.74, 6) is 0. The molecule has 2 heterocycles. The standard InChI is InChI=1S/C14H25N3/c1-13(17-7-4-3-5-8-17)10-15-11-14-6-9-16(2)12-14/h6,9,12-13,15H,3-5,7-8,10-11H2,1-2H3. The van der Waals surface area contributed by atoms with Crippen molar-refractivity contribution in [2.75, 3.05) is 19.6 Å². The van der Waals surface area contributed by atoms with Gasteiger partial charge in [0.15, 0.2) is 0 Å². The van der Waals surface area contributed by atoms with Crippen LogP contribution in [0.4, 0.5) is 0 Å². The molecule has 2 rings (SSSR count). The molecule has 17 heavy (non-hydrogen) atoms. The molecule has 0 aliphatic carbocycles. The summed E-state index contributed by atoms with van der Waals surface area (Å²) in [6, 6.07) is 2.84. The van der Waals surface area contributed by atoms with Gasteiger partial charge in [-0.05, 0) is 44.5 Å². The zero-order chi connectivity index (χ0) is 12.1. The molecule has 0 aromatic carbocycles. The van der Waals surface area contributed by atoms with Gasteiger partial charge in [0.1, 0.15) is 0 Å². The van der Waals surface area contributed by atoms with Crippen molar-refractivity contribution in [3.05, 3.63) is 24.0 Å². The Balaban J connectivity index is 1.67. The van der Waals surface area contributed by atoms with Gasteiger partial charge >= 0.3 is 0 Å². The van der Waals surface area contributed by atoms with E-state index >= 15 is 0 Å². The first-order valence-corrected chi connectivity index (χ1v) is 6.81. The molecule has 0 radical (unpaired) electrons. The molecule has 0 amide bonds. The summed E-state index contributed by atoms with van der Waals surface area (Å²) in [5.41, 5.74) is 1.37. The fourth-order valence-electron chi connectivity index (χ4n) is 2.58. The van der Waals surface area contributed by atoms with E-state index in [9.17, 15) is 0 Å². The lowest BCUT2D eigenvalue weighted by molar-refractivity contribution is 0.170. The Bertz CT molecular complexity index is 326. The zero-order valence-electron chi connectivity index (χ0n) is 11.2. The Morgan fingerprint density at radius 1 is 1.29 bits per heavy atom. The van der Waals surface area contributed by atoms with Gasteiger partial charge in [0, 0.05) is 38.6 Å². The van der Waals surface area contributed by atoms with Gasteiger partial charge in [-0.1, -0.05) is 6.42 Å². The van der Waals surface area contributed by atoms with Crippen LogP contribution in [0.25, 0.3) is 0 Å². The van der Waals surface area contributed by atoms with E-state index in [1.807, 2.05) is 0 Å². The quantitative estimate of drug-likeness (QED) is 0.842. The van der Waals surface area contributed by atoms with Crippen molar-refractivity contribution in [3.8, 4) is 0 Å². The molecule has 96 valence electrons. The lowest BCUT2D eigenvalue weighted by Gasteiger charge is -2.32. The molecule has 1 unspecified atom stereocenters. The minimum absolute atomic E-state index is 0.666. The molecule has 1 fully saturated rings. The van der Waals surface area contributed by atoms with E-state index in [2.05, 4.69) is 47.2 Å². The molecule has 0 bridgehead atoms. The maximum atomic E-state index is 3.56. The largest absolute Gasteiger partial charge is 0.357 e. The summed E-state index contributed by atoms with van der Waals surface area (Å²) in [7, 11) is 2.07. The van der Waals surface area contributed by atoms with Crippen LogP contribution in [0.1, 0.15) is 31.7 Å². The molecular weight excluding hydrogens is 210 g/mol. The average Bonchev–Trinajstić information content (AvgIpc) is 2.76. The van der Waals surface area contributed by atoms with Crippen molar-refractivity contribution in [2.24, 2.45) is 7.05 Å². The summed E-state index contributed by atoms with van der Waals surface area (Å²) < 4.78 is 2.10. The van der Waals surface area contributed by atoms with Crippen LogP contribution in [0.5, 0.6) is 0 Å². The highest BCUT2D eigenvalue weighted by molar-refractivity contribution is 5.09. The van der Waals surface area contributed by atoms with Crippen molar-refractivity contribution in [3.63, 3.8) is 0 Å². The van der Waals surface area contributed by atoms with Crippen LogP contribution in [-0.2, 0) is 13.6 Å². The molecule has 3 nitrogen and oxygen atoms in total. The van der Waals surface area contributed by atoms with Gasteiger partial charge in [-0.3, -0.25) is 4.90 Å². The van der Waals surface area contributed by atoms with Gasteiger partial charge in [0.25, 0.3) is 0 Å². The molecule has 1 saturated heterocycles. The van der Waals surface area contributed by atoms with E-state index in [-0.39, 0.29) is 0 Å². The van der Waals surface area contributed by atoms with Gasteiger partial charge < -0.3 is 9.88 Å². The summed E-state index contributed by atoms with van der Waals surface area (Å²) >= 11 is 0. The van der Waals surface area contributed by atoms with Crippen molar-refractivity contribution in [1.29, 1.82) is 0 Å². The third-order valence-corrected chi connectivity index (χ3v) is 3.68. The number of nitrogens with zero attached hydrogens (tertiary/aromatic N) is 2. The minimum Gasteiger partial charge on any atom is -0.357 e. The van der Waals surface area contributed by atoms with Gasteiger partial charge in [0.05, 0.1) is 0 Å². The number of piperidine rings is 1. The smallest absolute Gasteiger partial charge is 0.0221 e. The summed E-state index contributed by atoms with van der Waals surface area (Å²) in [5, 5.41) is 3.56. The first kappa shape index (κ1) is 12.7. The number of likely N-dealkylation sites (tertiary alicyclic amines) is 1. The van der Waals surface area contributed by atoms with Gasteiger partial charge in [-0.2, -0.15) is 0 Å².